The van der Waals surface area contributed by atoms with E-state index in [1.807, 2.05) is 20.8 Å². The van der Waals surface area contributed by atoms with E-state index in [2.05, 4.69) is 5.32 Å². The molecule has 7 heteroatoms. The van der Waals surface area contributed by atoms with E-state index in [0.29, 0.717) is 17.1 Å². The molecule has 1 N–H and O–H groups in total. The zero-order chi connectivity index (χ0) is 17.0. The van der Waals surface area contributed by atoms with E-state index in [1.54, 1.807) is 24.3 Å². The monoisotopic (exact) mass is 346 g/mol. The van der Waals surface area contributed by atoms with Crippen LogP contribution >= 0.6 is 11.6 Å². The second-order valence-electron chi connectivity index (χ2n) is 6.21. The Morgan fingerprint density at radius 3 is 2.23 bits per heavy atom. The van der Waals surface area contributed by atoms with Gasteiger partial charge in [0.15, 0.2) is 0 Å². The van der Waals surface area contributed by atoms with Crippen LogP contribution in [0.1, 0.15) is 33.6 Å². The Morgan fingerprint density at radius 2 is 1.77 bits per heavy atom. The van der Waals surface area contributed by atoms with E-state index in [0.717, 1.165) is 6.26 Å². The Kier molecular flexibility index (Phi) is 6.26. The molecule has 22 heavy (non-hydrogen) atoms. The maximum atomic E-state index is 11.9. The van der Waals surface area contributed by atoms with Gasteiger partial charge in [-0.1, -0.05) is 11.6 Å². The second-order valence-corrected chi connectivity index (χ2v) is 8.56. The predicted octanol–water partition coefficient (Wildman–Crippen LogP) is 2.80. The van der Waals surface area contributed by atoms with Crippen molar-refractivity contribution in [2.24, 2.45) is 0 Å². The molecule has 0 atom stereocenters. The molecule has 0 aliphatic rings. The lowest BCUT2D eigenvalue weighted by molar-refractivity contribution is -0.122. The number of nitrogens with zero attached hydrogens (tertiary/aromatic N) is 1. The number of nitrogens with one attached hydrogen (secondary N) is 1. The van der Waals surface area contributed by atoms with E-state index in [1.165, 1.54) is 4.31 Å². The van der Waals surface area contributed by atoms with Gasteiger partial charge < -0.3 is 5.32 Å². The number of hydrogen-bond donors (Lipinski definition) is 1. The molecule has 0 aliphatic carbocycles. The first-order valence-corrected chi connectivity index (χ1v) is 9.26. The van der Waals surface area contributed by atoms with Gasteiger partial charge in [0.05, 0.1) is 11.9 Å². The number of anilines is 1. The standard InChI is InChI=1S/C15H23ClN2O3S/c1-15(2,3)17-14(19)6-5-11-18(22(4,20)21)13-9-7-12(16)8-10-13/h7-10H,5-6,11H2,1-4H3,(H,17,19). The largest absolute Gasteiger partial charge is 0.352 e. The van der Waals surface area contributed by atoms with Crippen molar-refractivity contribution < 1.29 is 13.2 Å². The molecule has 5 nitrogen and oxygen atoms in total. The Labute approximate surface area is 137 Å². The quantitative estimate of drug-likeness (QED) is 0.861. The van der Waals surface area contributed by atoms with Gasteiger partial charge in [0.25, 0.3) is 0 Å². The first kappa shape index (κ1) is 18.8. The topological polar surface area (TPSA) is 66.5 Å². The van der Waals surface area contributed by atoms with Crippen molar-refractivity contribution in [2.45, 2.75) is 39.2 Å². The van der Waals surface area contributed by atoms with Crippen LogP contribution in [-0.2, 0) is 14.8 Å². The van der Waals surface area contributed by atoms with Crippen LogP contribution in [0.15, 0.2) is 24.3 Å². The highest BCUT2D eigenvalue weighted by atomic mass is 35.5. The minimum atomic E-state index is -3.41. The van der Waals surface area contributed by atoms with Gasteiger partial charge in [0, 0.05) is 23.5 Å². The number of carbonyl (C=O) groups is 1. The maximum Gasteiger partial charge on any atom is 0.232 e. The lowest BCUT2D eigenvalue weighted by atomic mass is 10.1. The second kappa shape index (κ2) is 7.33. The fourth-order valence-corrected chi connectivity index (χ4v) is 3.05. The van der Waals surface area contributed by atoms with Gasteiger partial charge >= 0.3 is 0 Å². The number of rotatable bonds is 6. The lowest BCUT2D eigenvalue weighted by Gasteiger charge is -2.23. The normalized spacial score (nSPS) is 12.0. The molecule has 0 radical (unpaired) electrons. The zero-order valence-electron chi connectivity index (χ0n) is 13.4. The number of halogens is 1. The summed E-state index contributed by atoms with van der Waals surface area (Å²) in [6, 6.07) is 6.58. The molecular weight excluding hydrogens is 324 g/mol. The Hall–Kier alpha value is -1.27. The van der Waals surface area contributed by atoms with Gasteiger partial charge in [0.2, 0.25) is 15.9 Å². The molecule has 0 heterocycles. The van der Waals surface area contributed by atoms with Crippen LogP contribution in [0.2, 0.25) is 5.02 Å². The van der Waals surface area contributed by atoms with Crippen molar-refractivity contribution in [1.82, 2.24) is 5.32 Å². The molecule has 0 saturated carbocycles. The average molecular weight is 347 g/mol. The number of sulfonamides is 1. The van der Waals surface area contributed by atoms with Gasteiger partial charge in [-0.2, -0.15) is 0 Å². The van der Waals surface area contributed by atoms with Gasteiger partial charge in [-0.05, 0) is 51.5 Å². The summed E-state index contributed by atoms with van der Waals surface area (Å²) in [5.41, 5.74) is 0.257. The van der Waals surface area contributed by atoms with Crippen LogP contribution in [0, 0.1) is 0 Å². The molecule has 1 rings (SSSR count). The highest BCUT2D eigenvalue weighted by Crippen LogP contribution is 2.21. The summed E-state index contributed by atoms with van der Waals surface area (Å²) in [4.78, 5) is 11.8. The highest BCUT2D eigenvalue weighted by molar-refractivity contribution is 7.92. The highest BCUT2D eigenvalue weighted by Gasteiger charge is 2.18. The number of carbonyl (C=O) groups excluding carboxylic acids is 1. The summed E-state index contributed by atoms with van der Waals surface area (Å²) < 4.78 is 25.1. The van der Waals surface area contributed by atoms with Crippen molar-refractivity contribution >= 4 is 33.2 Å². The third-order valence-electron chi connectivity index (χ3n) is 2.79. The van der Waals surface area contributed by atoms with E-state index in [-0.39, 0.29) is 24.4 Å². The van der Waals surface area contributed by atoms with Crippen molar-refractivity contribution in [2.75, 3.05) is 17.1 Å². The molecule has 124 valence electrons. The Bertz CT molecular complexity index is 607. The first-order valence-electron chi connectivity index (χ1n) is 7.03. The summed E-state index contributed by atoms with van der Waals surface area (Å²) in [5, 5.41) is 3.40. The summed E-state index contributed by atoms with van der Waals surface area (Å²) in [7, 11) is -3.41. The number of benzene rings is 1. The smallest absolute Gasteiger partial charge is 0.232 e. The third-order valence-corrected chi connectivity index (χ3v) is 4.24. The van der Waals surface area contributed by atoms with Crippen LogP contribution in [0.3, 0.4) is 0 Å². The molecule has 0 unspecified atom stereocenters. The van der Waals surface area contributed by atoms with Crippen LogP contribution in [0.4, 0.5) is 5.69 Å². The van der Waals surface area contributed by atoms with Gasteiger partial charge in [-0.15, -0.1) is 0 Å². The Balaban J connectivity index is 2.69. The molecular formula is C15H23ClN2O3S. The lowest BCUT2D eigenvalue weighted by Crippen LogP contribution is -2.41. The Morgan fingerprint density at radius 1 is 1.23 bits per heavy atom. The van der Waals surface area contributed by atoms with Crippen LogP contribution < -0.4 is 9.62 Å². The molecule has 0 fully saturated rings. The fourth-order valence-electron chi connectivity index (χ4n) is 1.96. The third kappa shape index (κ3) is 6.66. The molecule has 0 aromatic heterocycles. The molecule has 1 aromatic rings. The van der Waals surface area contributed by atoms with Gasteiger partial charge in [-0.3, -0.25) is 9.10 Å². The summed E-state index contributed by atoms with van der Waals surface area (Å²) in [6.45, 7) is 5.96. The molecule has 0 aliphatic heterocycles. The van der Waals surface area contributed by atoms with Gasteiger partial charge in [-0.25, -0.2) is 8.42 Å². The van der Waals surface area contributed by atoms with E-state index in [4.69, 9.17) is 11.6 Å². The number of amides is 1. The van der Waals surface area contributed by atoms with Crippen LogP contribution in [0.5, 0.6) is 0 Å². The van der Waals surface area contributed by atoms with Crippen molar-refractivity contribution in [1.29, 1.82) is 0 Å². The van der Waals surface area contributed by atoms with E-state index in [9.17, 15) is 13.2 Å². The van der Waals surface area contributed by atoms with Crippen molar-refractivity contribution in [3.8, 4) is 0 Å². The minimum Gasteiger partial charge on any atom is -0.352 e. The molecule has 1 aromatic carbocycles. The average Bonchev–Trinajstić information content (AvgIpc) is 2.32. The van der Waals surface area contributed by atoms with Gasteiger partial charge in [0.1, 0.15) is 0 Å². The summed E-state index contributed by atoms with van der Waals surface area (Å²) >= 11 is 5.82. The van der Waals surface area contributed by atoms with Crippen LogP contribution in [0.25, 0.3) is 0 Å². The minimum absolute atomic E-state index is 0.0861. The fraction of sp³-hybridized carbons (Fsp3) is 0.533. The van der Waals surface area contributed by atoms with Crippen molar-refractivity contribution in [3.05, 3.63) is 29.3 Å². The SMILES string of the molecule is CC(C)(C)NC(=O)CCCN(c1ccc(Cl)cc1)S(C)(=O)=O. The molecule has 0 bridgehead atoms. The summed E-state index contributed by atoms with van der Waals surface area (Å²) in [5.74, 6) is -0.0861. The number of hydrogen-bond acceptors (Lipinski definition) is 3. The van der Waals surface area contributed by atoms with E-state index >= 15 is 0 Å². The van der Waals surface area contributed by atoms with Crippen molar-refractivity contribution in [3.63, 3.8) is 0 Å². The zero-order valence-corrected chi connectivity index (χ0v) is 15.0. The van der Waals surface area contributed by atoms with E-state index < -0.39 is 10.0 Å². The molecule has 0 spiro atoms. The summed E-state index contributed by atoms with van der Waals surface area (Å²) in [6.07, 6.45) is 1.87. The van der Waals surface area contributed by atoms with Crippen LogP contribution in [-0.4, -0.2) is 32.7 Å². The predicted molar refractivity (Wildman–Crippen MR) is 90.8 cm³/mol. The first-order chi connectivity index (χ1) is 9.99. The molecule has 1 amide bonds. The maximum absolute atomic E-state index is 11.9. The molecule has 0 saturated heterocycles.